The summed E-state index contributed by atoms with van der Waals surface area (Å²) in [6.45, 7) is 1.97. The molecule has 0 atom stereocenters. The summed E-state index contributed by atoms with van der Waals surface area (Å²) in [7, 11) is 1.75. The molecular formula is C11H10ClNO. The van der Waals surface area contributed by atoms with E-state index < -0.39 is 0 Å². The summed E-state index contributed by atoms with van der Waals surface area (Å²) in [5, 5.41) is 2.31. The van der Waals surface area contributed by atoms with Crippen molar-refractivity contribution in [2.75, 3.05) is 0 Å². The van der Waals surface area contributed by atoms with Gasteiger partial charge >= 0.3 is 0 Å². The average molecular weight is 208 g/mol. The summed E-state index contributed by atoms with van der Waals surface area (Å²) in [5.74, 6) is 0. The number of hydrogen-bond donors (Lipinski definition) is 0. The van der Waals surface area contributed by atoms with E-state index in [1.807, 2.05) is 19.2 Å². The first-order valence-electron chi connectivity index (χ1n) is 4.35. The molecule has 1 aromatic heterocycles. The first-order valence-corrected chi connectivity index (χ1v) is 4.73. The molecule has 0 fully saturated rings. The predicted octanol–water partition coefficient (Wildman–Crippen LogP) is 2.50. The lowest BCUT2D eigenvalue weighted by atomic mass is 10.1. The van der Waals surface area contributed by atoms with Crippen LogP contribution >= 0.6 is 11.6 Å². The van der Waals surface area contributed by atoms with Crippen LogP contribution in [0.4, 0.5) is 0 Å². The van der Waals surface area contributed by atoms with Crippen molar-refractivity contribution in [3.8, 4) is 0 Å². The second-order valence-corrected chi connectivity index (χ2v) is 3.85. The SMILES string of the molecule is Cc1cn(C)c(=O)c2ccc(Cl)cc12. The van der Waals surface area contributed by atoms with Gasteiger partial charge in [0, 0.05) is 23.7 Å². The highest BCUT2D eigenvalue weighted by molar-refractivity contribution is 6.31. The molecule has 0 spiro atoms. The number of fused-ring (bicyclic) bond motifs is 1. The number of pyridine rings is 1. The maximum absolute atomic E-state index is 11.7. The summed E-state index contributed by atoms with van der Waals surface area (Å²) in [6.07, 6.45) is 1.82. The van der Waals surface area contributed by atoms with E-state index >= 15 is 0 Å². The van der Waals surface area contributed by atoms with Crippen molar-refractivity contribution < 1.29 is 0 Å². The number of rotatable bonds is 0. The molecule has 2 nitrogen and oxygen atoms in total. The van der Waals surface area contributed by atoms with Crippen LogP contribution in [0.1, 0.15) is 5.56 Å². The van der Waals surface area contributed by atoms with Gasteiger partial charge in [0.2, 0.25) is 0 Å². The lowest BCUT2D eigenvalue weighted by Crippen LogP contribution is -2.16. The van der Waals surface area contributed by atoms with Crippen LogP contribution in [0, 0.1) is 6.92 Å². The highest BCUT2D eigenvalue weighted by Crippen LogP contribution is 2.19. The molecule has 0 unspecified atom stereocenters. The van der Waals surface area contributed by atoms with E-state index in [0.717, 1.165) is 16.3 Å². The van der Waals surface area contributed by atoms with E-state index in [0.29, 0.717) is 5.02 Å². The quantitative estimate of drug-likeness (QED) is 0.651. The number of aromatic nitrogens is 1. The normalized spacial score (nSPS) is 10.8. The highest BCUT2D eigenvalue weighted by atomic mass is 35.5. The number of nitrogens with zero attached hydrogens (tertiary/aromatic N) is 1. The third-order valence-corrected chi connectivity index (χ3v) is 2.58. The Morgan fingerprint density at radius 3 is 2.71 bits per heavy atom. The fraction of sp³-hybridized carbons (Fsp3) is 0.182. The minimum Gasteiger partial charge on any atom is -0.318 e. The molecule has 0 amide bonds. The second-order valence-electron chi connectivity index (χ2n) is 3.42. The van der Waals surface area contributed by atoms with Gasteiger partial charge in [0.05, 0.1) is 0 Å². The molecular weight excluding hydrogens is 198 g/mol. The van der Waals surface area contributed by atoms with Crippen LogP contribution in [0.15, 0.2) is 29.2 Å². The van der Waals surface area contributed by atoms with Gasteiger partial charge in [0.1, 0.15) is 0 Å². The Kier molecular flexibility index (Phi) is 2.08. The third kappa shape index (κ3) is 1.32. The van der Waals surface area contributed by atoms with Crippen molar-refractivity contribution in [1.29, 1.82) is 0 Å². The van der Waals surface area contributed by atoms with Gasteiger partial charge in [0.15, 0.2) is 0 Å². The van der Waals surface area contributed by atoms with Crippen molar-refractivity contribution in [3.05, 3.63) is 45.3 Å². The lowest BCUT2D eigenvalue weighted by Gasteiger charge is -2.05. The molecule has 1 heterocycles. The van der Waals surface area contributed by atoms with E-state index in [-0.39, 0.29) is 5.56 Å². The topological polar surface area (TPSA) is 22.0 Å². The van der Waals surface area contributed by atoms with E-state index in [4.69, 9.17) is 11.6 Å². The molecule has 14 heavy (non-hydrogen) atoms. The van der Waals surface area contributed by atoms with Crippen LogP contribution < -0.4 is 5.56 Å². The Labute approximate surface area is 86.7 Å². The van der Waals surface area contributed by atoms with E-state index in [2.05, 4.69) is 0 Å². The number of aryl methyl sites for hydroxylation is 2. The molecule has 0 aliphatic heterocycles. The summed E-state index contributed by atoms with van der Waals surface area (Å²) in [4.78, 5) is 11.7. The summed E-state index contributed by atoms with van der Waals surface area (Å²) in [6, 6.07) is 5.34. The Balaban J connectivity index is 3.02. The van der Waals surface area contributed by atoms with Crippen LogP contribution in [0.5, 0.6) is 0 Å². The summed E-state index contributed by atoms with van der Waals surface area (Å²) >= 11 is 5.87. The molecule has 0 radical (unpaired) electrons. The molecule has 0 aliphatic rings. The van der Waals surface area contributed by atoms with Crippen molar-refractivity contribution in [2.45, 2.75) is 6.92 Å². The van der Waals surface area contributed by atoms with Gasteiger partial charge in [-0.3, -0.25) is 4.79 Å². The van der Waals surface area contributed by atoms with Gasteiger partial charge in [-0.05, 0) is 36.1 Å². The van der Waals surface area contributed by atoms with Gasteiger partial charge in [-0.25, -0.2) is 0 Å². The first kappa shape index (κ1) is 9.28. The molecule has 2 rings (SSSR count). The summed E-state index contributed by atoms with van der Waals surface area (Å²) < 4.78 is 1.59. The average Bonchev–Trinajstić information content (AvgIpc) is 2.14. The lowest BCUT2D eigenvalue weighted by molar-refractivity contribution is 0.866. The zero-order valence-corrected chi connectivity index (χ0v) is 8.80. The van der Waals surface area contributed by atoms with Gasteiger partial charge in [-0.1, -0.05) is 11.6 Å². The van der Waals surface area contributed by atoms with Gasteiger partial charge in [-0.15, -0.1) is 0 Å². The van der Waals surface area contributed by atoms with Crippen molar-refractivity contribution >= 4 is 22.4 Å². The third-order valence-electron chi connectivity index (χ3n) is 2.34. The minimum atomic E-state index is 0.0160. The zero-order valence-electron chi connectivity index (χ0n) is 8.04. The minimum absolute atomic E-state index is 0.0160. The van der Waals surface area contributed by atoms with E-state index in [9.17, 15) is 4.79 Å². The Hall–Kier alpha value is -1.28. The molecule has 3 heteroatoms. The Bertz CT molecular complexity index is 557. The van der Waals surface area contributed by atoms with Crippen LogP contribution in [-0.2, 0) is 7.05 Å². The maximum Gasteiger partial charge on any atom is 0.258 e. The zero-order chi connectivity index (χ0) is 10.3. The molecule has 0 bridgehead atoms. The molecule has 2 aromatic rings. The number of halogens is 1. The highest BCUT2D eigenvalue weighted by Gasteiger charge is 2.03. The molecule has 1 aromatic carbocycles. The largest absolute Gasteiger partial charge is 0.318 e. The summed E-state index contributed by atoms with van der Waals surface area (Å²) in [5.41, 5.74) is 1.08. The molecule has 0 N–H and O–H groups in total. The Morgan fingerprint density at radius 1 is 1.29 bits per heavy atom. The van der Waals surface area contributed by atoms with Crippen LogP contribution in [0.25, 0.3) is 10.8 Å². The first-order chi connectivity index (χ1) is 6.59. The predicted molar refractivity (Wildman–Crippen MR) is 58.9 cm³/mol. The van der Waals surface area contributed by atoms with Crippen LogP contribution in [0.2, 0.25) is 5.02 Å². The van der Waals surface area contributed by atoms with Gasteiger partial charge < -0.3 is 4.57 Å². The van der Waals surface area contributed by atoms with Crippen LogP contribution in [0.3, 0.4) is 0 Å². The molecule has 72 valence electrons. The fourth-order valence-electron chi connectivity index (χ4n) is 1.64. The van der Waals surface area contributed by atoms with E-state index in [1.54, 1.807) is 23.7 Å². The van der Waals surface area contributed by atoms with Gasteiger partial charge in [-0.2, -0.15) is 0 Å². The van der Waals surface area contributed by atoms with Crippen molar-refractivity contribution in [1.82, 2.24) is 4.57 Å². The second kappa shape index (κ2) is 3.14. The maximum atomic E-state index is 11.7. The smallest absolute Gasteiger partial charge is 0.258 e. The monoisotopic (exact) mass is 207 g/mol. The molecule has 0 saturated heterocycles. The van der Waals surface area contributed by atoms with Crippen molar-refractivity contribution in [3.63, 3.8) is 0 Å². The molecule has 0 saturated carbocycles. The van der Waals surface area contributed by atoms with E-state index in [1.165, 1.54) is 0 Å². The molecule has 0 aliphatic carbocycles. The number of benzene rings is 1. The standard InChI is InChI=1S/C11H10ClNO/c1-7-6-13(2)11(14)9-4-3-8(12)5-10(7)9/h3-6H,1-2H3. The van der Waals surface area contributed by atoms with Gasteiger partial charge in [0.25, 0.3) is 5.56 Å². The fourth-order valence-corrected chi connectivity index (χ4v) is 1.81. The number of hydrogen-bond acceptors (Lipinski definition) is 1. The van der Waals surface area contributed by atoms with Crippen molar-refractivity contribution in [2.24, 2.45) is 7.05 Å². The van der Waals surface area contributed by atoms with Crippen LogP contribution in [-0.4, -0.2) is 4.57 Å². The Morgan fingerprint density at radius 2 is 2.00 bits per heavy atom.